The summed E-state index contributed by atoms with van der Waals surface area (Å²) >= 11 is 4.32. The summed E-state index contributed by atoms with van der Waals surface area (Å²) < 4.78 is 2.83. The molecule has 0 amide bonds. The zero-order valence-electron chi connectivity index (χ0n) is 11.1. The van der Waals surface area contributed by atoms with Crippen molar-refractivity contribution in [3.05, 3.63) is 64.3 Å². The van der Waals surface area contributed by atoms with Crippen molar-refractivity contribution >= 4 is 51.9 Å². The van der Waals surface area contributed by atoms with Gasteiger partial charge in [0.2, 0.25) is 0 Å². The van der Waals surface area contributed by atoms with Crippen molar-refractivity contribution in [3.8, 4) is 0 Å². The average Bonchev–Trinajstić information content (AvgIpc) is 3.19. The van der Waals surface area contributed by atoms with E-state index in [9.17, 15) is 9.59 Å². The van der Waals surface area contributed by atoms with Gasteiger partial charge in [-0.05, 0) is 29.0 Å². The fourth-order valence-electron chi connectivity index (χ4n) is 1.81. The lowest BCUT2D eigenvalue weighted by Gasteiger charge is -1.89. The van der Waals surface area contributed by atoms with Crippen LogP contribution in [0.4, 0.5) is 0 Å². The normalized spacial score (nSPS) is 13.0. The van der Waals surface area contributed by atoms with E-state index in [1.165, 1.54) is 33.3 Å². The van der Waals surface area contributed by atoms with E-state index < -0.39 is 0 Å². The van der Waals surface area contributed by atoms with Gasteiger partial charge in [0.1, 0.15) is 4.66 Å². The Morgan fingerprint density at radius 1 is 1.19 bits per heavy atom. The van der Waals surface area contributed by atoms with Crippen LogP contribution in [0.5, 0.6) is 0 Å². The predicted molar refractivity (Wildman–Crippen MR) is 89.8 cm³/mol. The molecule has 21 heavy (non-hydrogen) atoms. The lowest BCUT2D eigenvalue weighted by atomic mass is 10.3. The van der Waals surface area contributed by atoms with Crippen molar-refractivity contribution in [3.63, 3.8) is 0 Å². The van der Waals surface area contributed by atoms with Gasteiger partial charge in [-0.2, -0.15) is 0 Å². The van der Waals surface area contributed by atoms with Crippen LogP contribution in [0.25, 0.3) is 12.2 Å². The molecule has 106 valence electrons. The van der Waals surface area contributed by atoms with Crippen LogP contribution >= 0.6 is 34.0 Å². The number of Topliss-reactive ketones (excluding diaryl/α,β-unsaturated/α-hetero) is 1. The molecule has 0 fully saturated rings. The minimum absolute atomic E-state index is 0.0653. The summed E-state index contributed by atoms with van der Waals surface area (Å²) in [7, 11) is 1.69. The fourth-order valence-corrected chi connectivity index (χ4v) is 4.20. The fraction of sp³-hybridized carbons (Fsp3) is 0.0667. The Hall–Kier alpha value is -1.76. The minimum Gasteiger partial charge on any atom is -0.302 e. The summed E-state index contributed by atoms with van der Waals surface area (Å²) in [6.07, 6.45) is 3.40. The molecule has 0 radical (unpaired) electrons. The molecule has 0 N–H and O–H groups in total. The molecule has 3 heterocycles. The third-order valence-electron chi connectivity index (χ3n) is 2.90. The molecular weight excluding hydrogens is 322 g/mol. The van der Waals surface area contributed by atoms with E-state index in [0.29, 0.717) is 14.1 Å². The first-order valence-corrected chi connectivity index (χ1v) is 8.73. The Labute approximate surface area is 132 Å². The molecule has 0 aromatic carbocycles. The van der Waals surface area contributed by atoms with Gasteiger partial charge in [-0.15, -0.1) is 34.0 Å². The van der Waals surface area contributed by atoms with E-state index in [-0.39, 0.29) is 11.3 Å². The standard InChI is InChI=1S/C15H11NO2S3/c1-16-14(9-11(17)12-5-3-7-20-12)21-13(15(16)18)8-10-4-2-6-19-10/h2-9H,1H3/b13-8+,14-9-. The number of carbonyl (C=O) groups excluding carboxylic acids is 1. The SMILES string of the molecule is Cn1c(=O)/c(=C\c2cccs2)s/c1=C\C(=O)c1cccs1. The highest BCUT2D eigenvalue weighted by atomic mass is 32.1. The highest BCUT2D eigenvalue weighted by Crippen LogP contribution is 2.10. The molecule has 0 aliphatic heterocycles. The predicted octanol–water partition coefficient (Wildman–Crippen LogP) is 2.06. The maximum Gasteiger partial charge on any atom is 0.268 e. The highest BCUT2D eigenvalue weighted by molar-refractivity contribution is 7.12. The first-order valence-electron chi connectivity index (χ1n) is 6.16. The van der Waals surface area contributed by atoms with Gasteiger partial charge in [0.15, 0.2) is 5.78 Å². The van der Waals surface area contributed by atoms with E-state index in [4.69, 9.17) is 0 Å². The molecule has 0 saturated heterocycles. The second kappa shape index (κ2) is 5.93. The van der Waals surface area contributed by atoms with Crippen molar-refractivity contribution in [2.45, 2.75) is 0 Å². The summed E-state index contributed by atoms with van der Waals surface area (Å²) in [6.45, 7) is 0. The van der Waals surface area contributed by atoms with Crippen LogP contribution in [-0.4, -0.2) is 10.4 Å². The summed E-state index contributed by atoms with van der Waals surface area (Å²) in [5.74, 6) is -0.0653. The summed E-state index contributed by atoms with van der Waals surface area (Å²) in [5.41, 5.74) is -0.0707. The average molecular weight is 333 g/mol. The first-order chi connectivity index (χ1) is 10.1. The molecule has 3 aromatic heterocycles. The Balaban J connectivity index is 2.10. The maximum atomic E-state index is 12.2. The maximum absolute atomic E-state index is 12.2. The number of rotatable bonds is 3. The van der Waals surface area contributed by atoms with Crippen LogP contribution in [0.2, 0.25) is 0 Å². The van der Waals surface area contributed by atoms with Gasteiger partial charge in [0.25, 0.3) is 5.56 Å². The molecule has 3 nitrogen and oxygen atoms in total. The summed E-state index contributed by atoms with van der Waals surface area (Å²) in [4.78, 5) is 26.0. The van der Waals surface area contributed by atoms with Gasteiger partial charge in [-0.1, -0.05) is 12.1 Å². The zero-order chi connectivity index (χ0) is 14.8. The van der Waals surface area contributed by atoms with Gasteiger partial charge in [-0.3, -0.25) is 9.59 Å². The van der Waals surface area contributed by atoms with Crippen LogP contribution in [0.3, 0.4) is 0 Å². The number of thiazole rings is 1. The Morgan fingerprint density at radius 3 is 2.62 bits per heavy atom. The van der Waals surface area contributed by atoms with E-state index in [2.05, 4.69) is 0 Å². The highest BCUT2D eigenvalue weighted by Gasteiger charge is 2.06. The molecule has 0 unspecified atom stereocenters. The van der Waals surface area contributed by atoms with Crippen LogP contribution in [0, 0.1) is 0 Å². The van der Waals surface area contributed by atoms with Gasteiger partial charge in [0, 0.05) is 18.0 Å². The molecule has 0 aliphatic rings. The summed E-state index contributed by atoms with van der Waals surface area (Å²) in [6, 6.07) is 7.54. The van der Waals surface area contributed by atoms with E-state index in [0.717, 1.165) is 4.88 Å². The number of carbonyl (C=O) groups is 1. The van der Waals surface area contributed by atoms with Crippen LogP contribution in [0.15, 0.2) is 39.8 Å². The molecule has 0 atom stereocenters. The third-order valence-corrected chi connectivity index (χ3v) is 5.71. The lowest BCUT2D eigenvalue weighted by molar-refractivity contribution is 0.106. The lowest BCUT2D eigenvalue weighted by Crippen LogP contribution is -2.28. The molecule has 6 heteroatoms. The molecular formula is C15H11NO2S3. The number of thiophene rings is 2. The van der Waals surface area contributed by atoms with Crippen molar-refractivity contribution in [2.75, 3.05) is 0 Å². The number of nitrogens with zero attached hydrogens (tertiary/aromatic N) is 1. The molecule has 3 aromatic rings. The van der Waals surface area contributed by atoms with Gasteiger partial charge >= 0.3 is 0 Å². The molecule has 0 bridgehead atoms. The van der Waals surface area contributed by atoms with E-state index in [1.807, 2.05) is 35.0 Å². The molecule has 3 rings (SSSR count). The quantitative estimate of drug-likeness (QED) is 0.688. The van der Waals surface area contributed by atoms with Gasteiger partial charge in [-0.25, -0.2) is 0 Å². The Bertz CT molecular complexity index is 928. The van der Waals surface area contributed by atoms with E-state index >= 15 is 0 Å². The second-order valence-corrected chi connectivity index (χ2v) is 7.30. The van der Waals surface area contributed by atoms with Crippen molar-refractivity contribution in [1.29, 1.82) is 0 Å². The van der Waals surface area contributed by atoms with Crippen LogP contribution in [-0.2, 0) is 7.05 Å². The topological polar surface area (TPSA) is 39.1 Å². The number of ketones is 1. The van der Waals surface area contributed by atoms with E-state index in [1.54, 1.807) is 24.5 Å². The second-order valence-electron chi connectivity index (χ2n) is 4.31. The molecule has 0 spiro atoms. The molecule has 0 saturated carbocycles. The van der Waals surface area contributed by atoms with Crippen LogP contribution < -0.4 is 14.8 Å². The minimum atomic E-state index is -0.0707. The first kappa shape index (κ1) is 14.2. The monoisotopic (exact) mass is 333 g/mol. The van der Waals surface area contributed by atoms with Crippen LogP contribution in [0.1, 0.15) is 14.5 Å². The number of hydrogen-bond acceptors (Lipinski definition) is 5. The van der Waals surface area contributed by atoms with Gasteiger partial charge in [0.05, 0.1) is 9.41 Å². The number of aromatic nitrogens is 1. The smallest absolute Gasteiger partial charge is 0.268 e. The Morgan fingerprint density at radius 2 is 1.95 bits per heavy atom. The van der Waals surface area contributed by atoms with Gasteiger partial charge < -0.3 is 4.57 Å². The van der Waals surface area contributed by atoms with Crippen molar-refractivity contribution in [2.24, 2.45) is 7.05 Å². The number of hydrogen-bond donors (Lipinski definition) is 0. The van der Waals surface area contributed by atoms with Crippen molar-refractivity contribution in [1.82, 2.24) is 4.57 Å². The largest absolute Gasteiger partial charge is 0.302 e. The Kier molecular flexibility index (Phi) is 4.01. The van der Waals surface area contributed by atoms with Crippen molar-refractivity contribution < 1.29 is 4.79 Å². The summed E-state index contributed by atoms with van der Waals surface area (Å²) in [5, 5.41) is 3.84. The third kappa shape index (κ3) is 2.97. The zero-order valence-corrected chi connectivity index (χ0v) is 13.6. The molecule has 0 aliphatic carbocycles.